The van der Waals surface area contributed by atoms with Gasteiger partial charge in [-0.2, -0.15) is 0 Å². The van der Waals surface area contributed by atoms with Crippen molar-refractivity contribution < 1.29 is 0 Å². The fourth-order valence-corrected chi connectivity index (χ4v) is 0.385. The van der Waals surface area contributed by atoms with Crippen LogP contribution in [0.5, 0.6) is 0 Å². The third-order valence-electron chi connectivity index (χ3n) is 0.667. The van der Waals surface area contributed by atoms with E-state index in [0.717, 1.165) is 0 Å². The second-order valence-corrected chi connectivity index (χ2v) is 5.88. The predicted molar refractivity (Wildman–Crippen MR) is 45.3 cm³/mol. The fraction of sp³-hybridized carbons (Fsp3) is 0. The SMILES string of the molecule is [Cl][GaH][Cl].c1ccccc1. The molecule has 0 saturated heterocycles. The molecule has 0 saturated carbocycles. The van der Waals surface area contributed by atoms with E-state index in [9.17, 15) is 0 Å². The monoisotopic (exact) mass is 218 g/mol. The van der Waals surface area contributed by atoms with Crippen molar-refractivity contribution in [1.82, 2.24) is 0 Å². The van der Waals surface area contributed by atoms with E-state index in [4.69, 9.17) is 19.3 Å². The second-order valence-electron chi connectivity index (χ2n) is 1.26. The van der Waals surface area contributed by atoms with Gasteiger partial charge in [-0.15, -0.1) is 0 Å². The number of hydrogen-bond donors (Lipinski definition) is 0. The summed E-state index contributed by atoms with van der Waals surface area (Å²) < 4.78 is 0. The zero-order valence-electron chi connectivity index (χ0n) is 4.93. The quantitative estimate of drug-likeness (QED) is 0.588. The van der Waals surface area contributed by atoms with Crippen LogP contribution in [0.4, 0.5) is 0 Å². The normalized spacial score (nSPS) is 6.89. The summed E-state index contributed by atoms with van der Waals surface area (Å²) in [5.74, 6) is 0. The first-order chi connectivity index (χ1) is 4.41. The molecule has 0 unspecified atom stereocenters. The average molecular weight is 220 g/mol. The van der Waals surface area contributed by atoms with E-state index < -0.39 is 15.4 Å². The molecule has 0 bridgehead atoms. The summed E-state index contributed by atoms with van der Waals surface area (Å²) >= 11 is -0.931. The van der Waals surface area contributed by atoms with Crippen LogP contribution in [0.3, 0.4) is 0 Å². The summed E-state index contributed by atoms with van der Waals surface area (Å²) in [5, 5.41) is 0. The van der Waals surface area contributed by atoms with Gasteiger partial charge in [0.15, 0.2) is 0 Å². The van der Waals surface area contributed by atoms with Gasteiger partial charge in [-0.3, -0.25) is 0 Å². The van der Waals surface area contributed by atoms with Gasteiger partial charge in [0.2, 0.25) is 0 Å². The van der Waals surface area contributed by atoms with Crippen LogP contribution in [-0.4, -0.2) is 15.4 Å². The van der Waals surface area contributed by atoms with Crippen LogP contribution in [0.25, 0.3) is 0 Å². The predicted octanol–water partition coefficient (Wildman–Crippen LogP) is 2.42. The zero-order valence-corrected chi connectivity index (χ0v) is 9.41. The van der Waals surface area contributed by atoms with E-state index in [2.05, 4.69) is 0 Å². The van der Waals surface area contributed by atoms with Gasteiger partial charge in [-0.25, -0.2) is 0 Å². The van der Waals surface area contributed by atoms with Crippen LogP contribution in [0.15, 0.2) is 36.4 Å². The Kier molecular flexibility index (Phi) is 8.85. The Morgan fingerprint density at radius 1 is 0.667 bits per heavy atom. The minimum Gasteiger partial charge on any atom is -0.0623 e. The Morgan fingerprint density at radius 3 is 0.889 bits per heavy atom. The Morgan fingerprint density at radius 2 is 0.778 bits per heavy atom. The molecule has 0 nitrogen and oxygen atoms in total. The van der Waals surface area contributed by atoms with Gasteiger partial charge in [0.05, 0.1) is 0 Å². The molecule has 1 aromatic carbocycles. The van der Waals surface area contributed by atoms with Crippen molar-refractivity contribution in [2.45, 2.75) is 0 Å². The van der Waals surface area contributed by atoms with Crippen molar-refractivity contribution in [2.24, 2.45) is 0 Å². The molecule has 0 amide bonds. The number of halogens is 2. The Hall–Kier alpha value is 0.436. The summed E-state index contributed by atoms with van der Waals surface area (Å²) in [5.41, 5.74) is 0. The maximum Gasteiger partial charge on any atom is -0.0623 e. The summed E-state index contributed by atoms with van der Waals surface area (Å²) in [6.07, 6.45) is 0. The minimum absolute atomic E-state index is 0.931. The molecule has 0 N–H and O–H groups in total. The largest absolute Gasteiger partial charge is 0.0623 e. The van der Waals surface area contributed by atoms with Crippen molar-refractivity contribution in [3.8, 4) is 0 Å². The van der Waals surface area contributed by atoms with Gasteiger partial charge >= 0.3 is 34.7 Å². The van der Waals surface area contributed by atoms with E-state index in [1.54, 1.807) is 0 Å². The maximum absolute atomic E-state index is 4.95. The van der Waals surface area contributed by atoms with Crippen LogP contribution in [0, 0.1) is 0 Å². The van der Waals surface area contributed by atoms with E-state index in [0.29, 0.717) is 0 Å². The molecule has 0 fully saturated rings. The second kappa shape index (κ2) is 8.44. The van der Waals surface area contributed by atoms with E-state index in [1.807, 2.05) is 36.4 Å². The average Bonchev–Trinajstić information content (AvgIpc) is 1.93. The van der Waals surface area contributed by atoms with Crippen molar-refractivity contribution in [3.63, 3.8) is 0 Å². The number of benzene rings is 1. The number of rotatable bonds is 0. The van der Waals surface area contributed by atoms with Crippen molar-refractivity contribution in [2.75, 3.05) is 0 Å². The number of hydrogen-bond acceptors (Lipinski definition) is 0. The maximum atomic E-state index is 4.95. The third kappa shape index (κ3) is 8.44. The molecule has 0 aliphatic heterocycles. The van der Waals surface area contributed by atoms with Crippen molar-refractivity contribution in [1.29, 1.82) is 0 Å². The molecule has 0 aliphatic carbocycles. The Balaban J connectivity index is 0.000000187. The fourth-order valence-electron chi connectivity index (χ4n) is 0.385. The van der Waals surface area contributed by atoms with Crippen LogP contribution in [0.2, 0.25) is 0 Å². The standard InChI is InChI=1S/C6H6.2ClH.Ga.H/c1-2-4-6-5-3-1;;;;/h1-6H;2*1H;;/q;;;+2;/p-2. The van der Waals surface area contributed by atoms with Gasteiger partial charge < -0.3 is 0 Å². The van der Waals surface area contributed by atoms with Crippen LogP contribution >= 0.6 is 19.3 Å². The molecule has 0 atom stereocenters. The van der Waals surface area contributed by atoms with Crippen molar-refractivity contribution in [3.05, 3.63) is 36.4 Å². The first kappa shape index (κ1) is 9.44. The van der Waals surface area contributed by atoms with Gasteiger partial charge in [0.1, 0.15) is 0 Å². The van der Waals surface area contributed by atoms with Gasteiger partial charge in [-0.1, -0.05) is 36.4 Å². The van der Waals surface area contributed by atoms with Crippen molar-refractivity contribution >= 4 is 34.7 Å². The zero-order chi connectivity index (χ0) is 6.95. The van der Waals surface area contributed by atoms with E-state index >= 15 is 0 Å². The first-order valence-corrected chi connectivity index (χ1v) is 10.3. The molecule has 3 heteroatoms. The first-order valence-electron chi connectivity index (χ1n) is 2.53. The smallest absolute Gasteiger partial charge is 0.0623 e. The molecule has 0 aromatic heterocycles. The van der Waals surface area contributed by atoms with Crippen LogP contribution in [0.1, 0.15) is 0 Å². The summed E-state index contributed by atoms with van der Waals surface area (Å²) in [6.45, 7) is 0. The molecular formula is C6H7Cl2Ga. The van der Waals surface area contributed by atoms with Crippen LogP contribution < -0.4 is 0 Å². The molecule has 0 spiro atoms. The molecular weight excluding hydrogens is 213 g/mol. The van der Waals surface area contributed by atoms with E-state index in [-0.39, 0.29) is 0 Å². The van der Waals surface area contributed by atoms with Crippen LogP contribution in [-0.2, 0) is 0 Å². The molecule has 1 rings (SSSR count). The molecule has 1 aromatic rings. The minimum atomic E-state index is -0.931. The van der Waals surface area contributed by atoms with Gasteiger partial charge in [-0.05, 0) is 0 Å². The van der Waals surface area contributed by atoms with Gasteiger partial charge in [0.25, 0.3) is 0 Å². The topological polar surface area (TPSA) is 0 Å². The molecule has 0 radical (unpaired) electrons. The molecule has 0 heterocycles. The molecule has 0 aliphatic rings. The Bertz CT molecular complexity index is 93.9. The molecule has 48 valence electrons. The van der Waals surface area contributed by atoms with Gasteiger partial charge in [0, 0.05) is 0 Å². The summed E-state index contributed by atoms with van der Waals surface area (Å²) in [4.78, 5) is 0. The Labute approximate surface area is 71.0 Å². The van der Waals surface area contributed by atoms with E-state index in [1.165, 1.54) is 0 Å². The summed E-state index contributed by atoms with van der Waals surface area (Å²) in [6, 6.07) is 12.0. The molecule has 9 heavy (non-hydrogen) atoms. The third-order valence-corrected chi connectivity index (χ3v) is 0.667. The summed E-state index contributed by atoms with van der Waals surface area (Å²) in [7, 11) is 9.90.